The van der Waals surface area contributed by atoms with Crippen LogP contribution in [0.4, 0.5) is 4.39 Å². The van der Waals surface area contributed by atoms with Crippen molar-refractivity contribution in [2.24, 2.45) is 0 Å². The lowest BCUT2D eigenvalue weighted by Crippen LogP contribution is -2.41. The number of hydrogen-bond donors (Lipinski definition) is 1. The standard InChI is InChI=1S/C25H20FN5O2/c1-33-15-7-8-18(19(26)13-15)24-23-17(16-5-2-3-6-20(16)28-23)9-12-30(24)25(32)21-14-22-27-10-4-11-31(22)29-21/h2-8,10-11,13-14,24,28H,9,12H2,1H3/t24-/m0/s1. The molecule has 7 nitrogen and oxygen atoms in total. The molecule has 3 aromatic heterocycles. The van der Waals surface area contributed by atoms with Gasteiger partial charge in [0.05, 0.1) is 7.11 Å². The number of aromatic amines is 1. The van der Waals surface area contributed by atoms with Gasteiger partial charge in [-0.05, 0) is 36.2 Å². The second kappa shape index (κ2) is 7.44. The molecule has 0 spiro atoms. The first kappa shape index (κ1) is 19.5. The van der Waals surface area contributed by atoms with E-state index >= 15 is 4.39 Å². The molecule has 0 saturated carbocycles. The van der Waals surface area contributed by atoms with Gasteiger partial charge in [0.2, 0.25) is 0 Å². The van der Waals surface area contributed by atoms with Gasteiger partial charge in [-0.15, -0.1) is 0 Å². The summed E-state index contributed by atoms with van der Waals surface area (Å²) < 4.78 is 22.1. The number of rotatable bonds is 3. The van der Waals surface area contributed by atoms with Crippen molar-refractivity contribution in [3.05, 3.63) is 95.3 Å². The van der Waals surface area contributed by atoms with Crippen LogP contribution in [0.1, 0.15) is 33.4 Å². The fourth-order valence-electron chi connectivity index (χ4n) is 4.72. The highest BCUT2D eigenvalue weighted by Crippen LogP contribution is 2.40. The van der Waals surface area contributed by atoms with Crippen molar-refractivity contribution >= 4 is 22.5 Å². The molecule has 33 heavy (non-hydrogen) atoms. The van der Waals surface area contributed by atoms with Crippen molar-refractivity contribution in [1.29, 1.82) is 0 Å². The third kappa shape index (κ3) is 3.06. The van der Waals surface area contributed by atoms with Crippen LogP contribution in [0.2, 0.25) is 0 Å². The topological polar surface area (TPSA) is 75.5 Å². The number of halogens is 1. The van der Waals surface area contributed by atoms with Crippen LogP contribution < -0.4 is 4.74 Å². The van der Waals surface area contributed by atoms with Gasteiger partial charge in [-0.1, -0.05) is 18.2 Å². The molecule has 1 aliphatic heterocycles. The molecule has 5 aromatic rings. The Kier molecular flexibility index (Phi) is 4.39. The van der Waals surface area contributed by atoms with Crippen LogP contribution in [-0.2, 0) is 6.42 Å². The summed E-state index contributed by atoms with van der Waals surface area (Å²) in [5.74, 6) is -0.279. The van der Waals surface area contributed by atoms with E-state index in [1.165, 1.54) is 13.2 Å². The fraction of sp³-hybridized carbons (Fsp3) is 0.160. The summed E-state index contributed by atoms with van der Waals surface area (Å²) in [5.41, 5.74) is 4.14. The van der Waals surface area contributed by atoms with Gasteiger partial charge in [-0.2, -0.15) is 5.10 Å². The Labute approximate surface area is 188 Å². The smallest absolute Gasteiger partial charge is 0.275 e. The summed E-state index contributed by atoms with van der Waals surface area (Å²) in [6, 6.07) is 15.5. The van der Waals surface area contributed by atoms with E-state index in [1.807, 2.05) is 18.2 Å². The molecular formula is C25H20FN5O2. The number of methoxy groups -OCH3 is 1. The minimum atomic E-state index is -0.627. The van der Waals surface area contributed by atoms with E-state index in [4.69, 9.17) is 4.74 Å². The van der Waals surface area contributed by atoms with Crippen molar-refractivity contribution in [2.45, 2.75) is 12.5 Å². The molecular weight excluding hydrogens is 421 g/mol. The van der Waals surface area contributed by atoms with Crippen molar-refractivity contribution in [3.63, 3.8) is 0 Å². The van der Waals surface area contributed by atoms with Crippen molar-refractivity contribution in [1.82, 2.24) is 24.5 Å². The van der Waals surface area contributed by atoms with E-state index in [1.54, 1.807) is 46.1 Å². The largest absolute Gasteiger partial charge is 0.497 e. The minimum absolute atomic E-state index is 0.271. The van der Waals surface area contributed by atoms with Gasteiger partial charge < -0.3 is 14.6 Å². The second-order valence-corrected chi connectivity index (χ2v) is 8.05. The van der Waals surface area contributed by atoms with Crippen LogP contribution in [0.3, 0.4) is 0 Å². The molecule has 0 bridgehead atoms. The maximum Gasteiger partial charge on any atom is 0.275 e. The van der Waals surface area contributed by atoms with E-state index in [2.05, 4.69) is 21.1 Å². The predicted octanol–water partition coefficient (Wildman–Crippen LogP) is 4.15. The van der Waals surface area contributed by atoms with Crippen LogP contribution in [0.25, 0.3) is 16.6 Å². The zero-order valence-electron chi connectivity index (χ0n) is 17.8. The molecule has 0 radical (unpaired) electrons. The number of aromatic nitrogens is 4. The van der Waals surface area contributed by atoms with E-state index in [0.29, 0.717) is 29.9 Å². The molecule has 0 aliphatic carbocycles. The molecule has 0 fully saturated rings. The Bertz CT molecular complexity index is 1490. The number of fused-ring (bicyclic) bond motifs is 4. The number of benzene rings is 2. The maximum atomic E-state index is 15.3. The van der Waals surface area contributed by atoms with Gasteiger partial charge in [0.1, 0.15) is 17.6 Å². The maximum absolute atomic E-state index is 15.3. The zero-order chi connectivity index (χ0) is 22.5. The number of hydrogen-bond acceptors (Lipinski definition) is 4. The van der Waals surface area contributed by atoms with Crippen LogP contribution in [0.5, 0.6) is 5.75 Å². The summed E-state index contributed by atoms with van der Waals surface area (Å²) in [7, 11) is 1.50. The van der Waals surface area contributed by atoms with Crippen molar-refractivity contribution < 1.29 is 13.9 Å². The molecule has 8 heteroatoms. The molecule has 2 aromatic carbocycles. The van der Waals surface area contributed by atoms with E-state index in [-0.39, 0.29) is 11.6 Å². The average molecular weight is 441 g/mol. The first-order chi connectivity index (χ1) is 16.1. The summed E-state index contributed by atoms with van der Waals surface area (Å²) in [6.07, 6.45) is 4.05. The molecule has 1 amide bonds. The summed E-state index contributed by atoms with van der Waals surface area (Å²) in [4.78, 5) is 23.1. The average Bonchev–Trinajstić information content (AvgIpc) is 3.44. The first-order valence-corrected chi connectivity index (χ1v) is 10.7. The van der Waals surface area contributed by atoms with E-state index in [9.17, 15) is 4.79 Å². The van der Waals surface area contributed by atoms with Crippen LogP contribution in [0, 0.1) is 5.82 Å². The molecule has 0 saturated heterocycles. The molecule has 6 rings (SSSR count). The van der Waals surface area contributed by atoms with Gasteiger partial charge in [0, 0.05) is 53.2 Å². The SMILES string of the molecule is COc1ccc([C@H]2c3[nH]c4ccccc4c3CCN2C(=O)c2cc3ncccn3n2)c(F)c1. The third-order valence-electron chi connectivity index (χ3n) is 6.25. The molecule has 164 valence electrons. The highest BCUT2D eigenvalue weighted by molar-refractivity contribution is 5.95. The van der Waals surface area contributed by atoms with Crippen molar-refractivity contribution in [2.75, 3.05) is 13.7 Å². The second-order valence-electron chi connectivity index (χ2n) is 8.05. The highest BCUT2D eigenvalue weighted by Gasteiger charge is 2.37. The Hall–Kier alpha value is -4.20. The van der Waals surface area contributed by atoms with Gasteiger partial charge >= 0.3 is 0 Å². The fourth-order valence-corrected chi connectivity index (χ4v) is 4.72. The Morgan fingerprint density at radius 2 is 2.06 bits per heavy atom. The number of ether oxygens (including phenoxy) is 1. The van der Waals surface area contributed by atoms with Gasteiger partial charge in [0.25, 0.3) is 5.91 Å². The molecule has 0 unspecified atom stereocenters. The predicted molar refractivity (Wildman–Crippen MR) is 121 cm³/mol. The van der Waals surface area contributed by atoms with Crippen molar-refractivity contribution in [3.8, 4) is 5.75 Å². The van der Waals surface area contributed by atoms with E-state index in [0.717, 1.165) is 22.2 Å². The number of carbonyl (C=O) groups is 1. The van der Waals surface area contributed by atoms with Gasteiger partial charge in [-0.25, -0.2) is 13.9 Å². The number of amides is 1. The van der Waals surface area contributed by atoms with E-state index < -0.39 is 11.9 Å². The van der Waals surface area contributed by atoms with Crippen LogP contribution in [-0.4, -0.2) is 44.0 Å². The Morgan fingerprint density at radius 1 is 1.18 bits per heavy atom. The normalized spacial score (nSPS) is 15.7. The van der Waals surface area contributed by atoms with Gasteiger partial charge in [0.15, 0.2) is 11.3 Å². The lowest BCUT2D eigenvalue weighted by molar-refractivity contribution is 0.0683. The number of carbonyl (C=O) groups excluding carboxylic acids is 1. The number of H-pyrrole nitrogens is 1. The molecule has 1 N–H and O–H groups in total. The summed E-state index contributed by atoms with van der Waals surface area (Å²) in [6.45, 7) is 0.436. The molecule has 4 heterocycles. The number of nitrogens with one attached hydrogen (secondary N) is 1. The quantitative estimate of drug-likeness (QED) is 0.457. The van der Waals surface area contributed by atoms with Crippen LogP contribution >= 0.6 is 0 Å². The third-order valence-corrected chi connectivity index (χ3v) is 6.25. The number of nitrogens with zero attached hydrogens (tertiary/aromatic N) is 4. The summed E-state index contributed by atoms with van der Waals surface area (Å²) in [5, 5.41) is 5.50. The van der Waals surface area contributed by atoms with Gasteiger partial charge in [-0.3, -0.25) is 4.79 Å². The lowest BCUT2D eigenvalue weighted by Gasteiger charge is -2.36. The van der Waals surface area contributed by atoms with Crippen LogP contribution in [0.15, 0.2) is 67.0 Å². The highest BCUT2D eigenvalue weighted by atomic mass is 19.1. The first-order valence-electron chi connectivity index (χ1n) is 10.7. The molecule has 1 atom stereocenters. The monoisotopic (exact) mass is 441 g/mol. The Balaban J connectivity index is 1.51. The zero-order valence-corrected chi connectivity index (χ0v) is 17.8. The minimum Gasteiger partial charge on any atom is -0.497 e. The number of para-hydroxylation sites is 1. The molecule has 1 aliphatic rings. The Morgan fingerprint density at radius 3 is 2.88 bits per heavy atom. The summed E-state index contributed by atoms with van der Waals surface area (Å²) >= 11 is 0. The lowest BCUT2D eigenvalue weighted by atomic mass is 9.91.